The van der Waals surface area contributed by atoms with Crippen molar-refractivity contribution in [3.8, 4) is 0 Å². The number of halogens is 1. The Morgan fingerprint density at radius 2 is 1.70 bits per heavy atom. The SMILES string of the molecule is CC(c1cccc(F)c1)N(C(=O)c1cccs1)C(C(N)=O)c1ccccc1. The molecule has 2 aromatic carbocycles. The largest absolute Gasteiger partial charge is 0.368 e. The molecule has 0 bridgehead atoms. The van der Waals surface area contributed by atoms with Gasteiger partial charge in [-0.2, -0.15) is 0 Å². The van der Waals surface area contributed by atoms with E-state index in [1.165, 1.54) is 28.4 Å². The Morgan fingerprint density at radius 3 is 2.30 bits per heavy atom. The molecule has 27 heavy (non-hydrogen) atoms. The van der Waals surface area contributed by atoms with Crippen molar-refractivity contribution in [1.82, 2.24) is 4.90 Å². The van der Waals surface area contributed by atoms with E-state index in [1.54, 1.807) is 60.8 Å². The summed E-state index contributed by atoms with van der Waals surface area (Å²) in [5, 5.41) is 1.79. The van der Waals surface area contributed by atoms with E-state index < -0.39 is 23.8 Å². The molecule has 0 saturated carbocycles. The van der Waals surface area contributed by atoms with Crippen LogP contribution in [0.4, 0.5) is 4.39 Å². The Morgan fingerprint density at radius 1 is 1.00 bits per heavy atom. The third-order valence-corrected chi connectivity index (χ3v) is 5.24. The van der Waals surface area contributed by atoms with Crippen LogP contribution in [0.3, 0.4) is 0 Å². The van der Waals surface area contributed by atoms with Crippen molar-refractivity contribution in [3.05, 3.63) is 93.9 Å². The molecule has 0 radical (unpaired) electrons. The topological polar surface area (TPSA) is 63.4 Å². The lowest BCUT2D eigenvalue weighted by Gasteiger charge is -2.35. The first-order valence-electron chi connectivity index (χ1n) is 8.45. The number of primary amides is 1. The summed E-state index contributed by atoms with van der Waals surface area (Å²) in [5.41, 5.74) is 6.90. The average molecular weight is 382 g/mol. The summed E-state index contributed by atoms with van der Waals surface area (Å²) >= 11 is 1.28. The van der Waals surface area contributed by atoms with Crippen LogP contribution in [0.2, 0.25) is 0 Å². The maximum absolute atomic E-state index is 13.8. The summed E-state index contributed by atoms with van der Waals surface area (Å²) in [7, 11) is 0. The normalized spacial score (nSPS) is 13.0. The molecule has 3 rings (SSSR count). The molecular weight excluding hydrogens is 363 g/mol. The van der Waals surface area contributed by atoms with Crippen LogP contribution in [0, 0.1) is 5.82 Å². The molecule has 0 saturated heterocycles. The molecule has 4 nitrogen and oxygen atoms in total. The number of nitrogens with zero attached hydrogens (tertiary/aromatic N) is 1. The van der Waals surface area contributed by atoms with Crippen molar-refractivity contribution in [3.63, 3.8) is 0 Å². The van der Waals surface area contributed by atoms with Gasteiger partial charge in [0, 0.05) is 0 Å². The Balaban J connectivity index is 2.11. The minimum Gasteiger partial charge on any atom is -0.368 e. The minimum absolute atomic E-state index is 0.325. The third kappa shape index (κ3) is 4.06. The van der Waals surface area contributed by atoms with Crippen molar-refractivity contribution in [2.45, 2.75) is 19.0 Å². The van der Waals surface area contributed by atoms with E-state index in [4.69, 9.17) is 5.73 Å². The molecule has 138 valence electrons. The molecule has 1 aromatic heterocycles. The van der Waals surface area contributed by atoms with Crippen molar-refractivity contribution in [2.75, 3.05) is 0 Å². The smallest absolute Gasteiger partial charge is 0.265 e. The van der Waals surface area contributed by atoms with Gasteiger partial charge in [0.2, 0.25) is 5.91 Å². The van der Waals surface area contributed by atoms with Gasteiger partial charge in [-0.15, -0.1) is 11.3 Å². The highest BCUT2D eigenvalue weighted by Gasteiger charge is 2.35. The van der Waals surface area contributed by atoms with E-state index in [0.29, 0.717) is 16.0 Å². The van der Waals surface area contributed by atoms with Gasteiger partial charge in [-0.3, -0.25) is 9.59 Å². The number of nitrogens with two attached hydrogens (primary N) is 1. The Hall–Kier alpha value is -2.99. The first-order chi connectivity index (χ1) is 13.0. The van der Waals surface area contributed by atoms with Crippen LogP contribution < -0.4 is 5.73 Å². The van der Waals surface area contributed by atoms with Gasteiger partial charge in [0.15, 0.2) is 0 Å². The van der Waals surface area contributed by atoms with Gasteiger partial charge in [0.25, 0.3) is 5.91 Å². The van der Waals surface area contributed by atoms with Crippen molar-refractivity contribution in [1.29, 1.82) is 0 Å². The zero-order valence-corrected chi connectivity index (χ0v) is 15.5. The predicted molar refractivity (Wildman–Crippen MR) is 104 cm³/mol. The number of carbonyl (C=O) groups excluding carboxylic acids is 2. The molecule has 0 aliphatic carbocycles. The van der Waals surface area contributed by atoms with Crippen LogP contribution >= 0.6 is 11.3 Å². The highest BCUT2D eigenvalue weighted by Crippen LogP contribution is 2.33. The molecule has 2 unspecified atom stereocenters. The van der Waals surface area contributed by atoms with Gasteiger partial charge >= 0.3 is 0 Å². The average Bonchev–Trinajstić information content (AvgIpc) is 3.20. The number of benzene rings is 2. The van der Waals surface area contributed by atoms with Crippen LogP contribution in [0.15, 0.2) is 72.1 Å². The third-order valence-electron chi connectivity index (χ3n) is 4.38. The molecule has 3 aromatic rings. The predicted octanol–water partition coefficient (Wildman–Crippen LogP) is 4.32. The lowest BCUT2D eigenvalue weighted by Crippen LogP contribution is -2.43. The van der Waals surface area contributed by atoms with Gasteiger partial charge in [0.1, 0.15) is 11.9 Å². The van der Waals surface area contributed by atoms with Crippen LogP contribution in [-0.2, 0) is 4.79 Å². The first kappa shape index (κ1) is 18.8. The van der Waals surface area contributed by atoms with Gasteiger partial charge < -0.3 is 10.6 Å². The molecule has 2 N–H and O–H groups in total. The van der Waals surface area contributed by atoms with E-state index in [0.717, 1.165) is 0 Å². The second-order valence-corrected chi connectivity index (χ2v) is 7.08. The van der Waals surface area contributed by atoms with E-state index >= 15 is 0 Å². The van der Waals surface area contributed by atoms with Crippen LogP contribution in [0.1, 0.15) is 39.8 Å². The van der Waals surface area contributed by atoms with Gasteiger partial charge in [-0.1, -0.05) is 48.5 Å². The highest BCUT2D eigenvalue weighted by molar-refractivity contribution is 7.12. The molecule has 6 heteroatoms. The maximum atomic E-state index is 13.8. The Bertz CT molecular complexity index is 928. The lowest BCUT2D eigenvalue weighted by molar-refractivity contribution is -0.123. The quantitative estimate of drug-likeness (QED) is 0.690. The summed E-state index contributed by atoms with van der Waals surface area (Å²) in [6, 6.07) is 16.8. The maximum Gasteiger partial charge on any atom is 0.265 e. The summed E-state index contributed by atoms with van der Waals surface area (Å²) in [6.45, 7) is 1.76. The summed E-state index contributed by atoms with van der Waals surface area (Å²) in [4.78, 5) is 27.6. The summed E-state index contributed by atoms with van der Waals surface area (Å²) in [6.07, 6.45) is 0. The Labute approximate surface area is 161 Å². The van der Waals surface area contributed by atoms with E-state index in [1.807, 2.05) is 6.07 Å². The fourth-order valence-electron chi connectivity index (χ4n) is 3.07. The standard InChI is InChI=1S/C21H19FN2O2S/c1-14(16-9-5-10-17(22)13-16)24(21(26)18-11-6-12-27-18)19(20(23)25)15-7-3-2-4-8-15/h2-14,19H,1H3,(H2,23,25). The lowest BCUT2D eigenvalue weighted by atomic mass is 9.99. The van der Waals surface area contributed by atoms with E-state index in [9.17, 15) is 14.0 Å². The molecular formula is C21H19FN2O2S. The van der Waals surface area contributed by atoms with Gasteiger partial charge in [-0.25, -0.2) is 4.39 Å². The van der Waals surface area contributed by atoms with Gasteiger partial charge in [-0.05, 0) is 41.6 Å². The van der Waals surface area contributed by atoms with Crippen molar-refractivity contribution >= 4 is 23.2 Å². The molecule has 0 aliphatic rings. The van der Waals surface area contributed by atoms with Gasteiger partial charge in [0.05, 0.1) is 10.9 Å². The molecule has 1 heterocycles. The fourth-order valence-corrected chi connectivity index (χ4v) is 3.74. The minimum atomic E-state index is -0.973. The number of hydrogen-bond acceptors (Lipinski definition) is 3. The number of thiophene rings is 1. The fraction of sp³-hybridized carbons (Fsp3) is 0.143. The Kier molecular flexibility index (Phi) is 5.66. The zero-order chi connectivity index (χ0) is 19.4. The first-order valence-corrected chi connectivity index (χ1v) is 9.33. The van der Waals surface area contributed by atoms with Crippen LogP contribution in [-0.4, -0.2) is 16.7 Å². The highest BCUT2D eigenvalue weighted by atomic mass is 32.1. The second-order valence-electron chi connectivity index (χ2n) is 6.14. The van der Waals surface area contributed by atoms with Crippen molar-refractivity contribution in [2.24, 2.45) is 5.73 Å². The van der Waals surface area contributed by atoms with E-state index in [2.05, 4.69) is 0 Å². The molecule has 0 spiro atoms. The number of rotatable bonds is 6. The van der Waals surface area contributed by atoms with Crippen LogP contribution in [0.5, 0.6) is 0 Å². The zero-order valence-electron chi connectivity index (χ0n) is 14.7. The van der Waals surface area contributed by atoms with Crippen LogP contribution in [0.25, 0.3) is 0 Å². The summed E-state index contributed by atoms with van der Waals surface area (Å²) < 4.78 is 13.8. The number of carbonyl (C=O) groups is 2. The van der Waals surface area contributed by atoms with Crippen molar-refractivity contribution < 1.29 is 14.0 Å². The number of amides is 2. The van der Waals surface area contributed by atoms with E-state index in [-0.39, 0.29) is 5.91 Å². The molecule has 0 aliphatic heterocycles. The summed E-state index contributed by atoms with van der Waals surface area (Å²) in [5.74, 6) is -1.37. The molecule has 0 fully saturated rings. The number of hydrogen-bond donors (Lipinski definition) is 1. The monoisotopic (exact) mass is 382 g/mol. The molecule has 2 amide bonds. The molecule has 2 atom stereocenters. The second kappa shape index (κ2) is 8.14.